The standard InChI is InChI=1S/C19H23NO3S/c1-24(21,22)18-11-5-9-16(13-18)19(15-7-3-2-4-8-15)20-14-17-10-6-12-23-17/h2-5,7-9,11,13,17,19-20H,6,10,12,14H2,1H3/t17-,19+/m0/s1. The molecule has 2 aromatic carbocycles. The van der Waals surface area contributed by atoms with Crippen LogP contribution in [-0.2, 0) is 14.6 Å². The number of nitrogens with one attached hydrogen (secondary N) is 1. The number of benzene rings is 2. The van der Waals surface area contributed by atoms with Crippen LogP contribution in [-0.4, -0.2) is 33.9 Å². The van der Waals surface area contributed by atoms with Gasteiger partial charge in [-0.2, -0.15) is 0 Å². The van der Waals surface area contributed by atoms with E-state index in [-0.39, 0.29) is 12.1 Å². The number of hydrogen-bond donors (Lipinski definition) is 1. The van der Waals surface area contributed by atoms with Gasteiger partial charge in [-0.3, -0.25) is 0 Å². The first-order valence-electron chi connectivity index (χ1n) is 8.24. The van der Waals surface area contributed by atoms with Gasteiger partial charge in [0.05, 0.1) is 17.0 Å². The maximum atomic E-state index is 11.9. The Hall–Kier alpha value is -1.69. The summed E-state index contributed by atoms with van der Waals surface area (Å²) < 4.78 is 29.4. The largest absolute Gasteiger partial charge is 0.377 e. The average molecular weight is 345 g/mol. The quantitative estimate of drug-likeness (QED) is 0.874. The van der Waals surface area contributed by atoms with E-state index in [4.69, 9.17) is 4.74 Å². The summed E-state index contributed by atoms with van der Waals surface area (Å²) in [7, 11) is -3.22. The molecule has 1 fully saturated rings. The van der Waals surface area contributed by atoms with Crippen molar-refractivity contribution in [1.29, 1.82) is 0 Å². The van der Waals surface area contributed by atoms with Gasteiger partial charge in [-0.1, -0.05) is 42.5 Å². The highest BCUT2D eigenvalue weighted by atomic mass is 32.2. The van der Waals surface area contributed by atoms with Crippen molar-refractivity contribution in [3.05, 3.63) is 65.7 Å². The molecule has 5 heteroatoms. The van der Waals surface area contributed by atoms with E-state index in [1.165, 1.54) is 6.26 Å². The van der Waals surface area contributed by atoms with Crippen LogP contribution >= 0.6 is 0 Å². The van der Waals surface area contributed by atoms with Crippen LogP contribution in [0.25, 0.3) is 0 Å². The molecule has 1 aliphatic heterocycles. The Balaban J connectivity index is 1.89. The molecule has 3 rings (SSSR count). The summed E-state index contributed by atoms with van der Waals surface area (Å²) in [6.45, 7) is 1.58. The molecule has 0 spiro atoms. The van der Waals surface area contributed by atoms with E-state index in [0.29, 0.717) is 4.90 Å². The lowest BCUT2D eigenvalue weighted by Crippen LogP contribution is -2.30. The number of ether oxygens (including phenoxy) is 1. The molecule has 0 saturated carbocycles. The summed E-state index contributed by atoms with van der Waals surface area (Å²) >= 11 is 0. The molecule has 1 heterocycles. The Bertz CT molecular complexity index is 768. The summed E-state index contributed by atoms with van der Waals surface area (Å²) in [6.07, 6.45) is 3.64. The predicted octanol–water partition coefficient (Wildman–Crippen LogP) is 2.95. The Labute approximate surface area is 143 Å². The van der Waals surface area contributed by atoms with Crippen molar-refractivity contribution >= 4 is 9.84 Å². The number of hydrogen-bond acceptors (Lipinski definition) is 4. The smallest absolute Gasteiger partial charge is 0.175 e. The normalized spacial score (nSPS) is 19.3. The molecule has 2 aromatic rings. The van der Waals surface area contributed by atoms with E-state index in [1.807, 2.05) is 24.3 Å². The van der Waals surface area contributed by atoms with Crippen LogP contribution in [0.4, 0.5) is 0 Å². The maximum Gasteiger partial charge on any atom is 0.175 e. The second-order valence-electron chi connectivity index (χ2n) is 6.23. The van der Waals surface area contributed by atoms with Gasteiger partial charge in [0.1, 0.15) is 0 Å². The number of sulfone groups is 1. The molecule has 1 aliphatic rings. The third kappa shape index (κ3) is 4.23. The summed E-state index contributed by atoms with van der Waals surface area (Å²) in [5.41, 5.74) is 2.06. The van der Waals surface area contributed by atoms with Crippen LogP contribution in [0.2, 0.25) is 0 Å². The van der Waals surface area contributed by atoms with Crippen LogP contribution in [0, 0.1) is 0 Å². The minimum Gasteiger partial charge on any atom is -0.377 e. The maximum absolute atomic E-state index is 11.9. The second-order valence-corrected chi connectivity index (χ2v) is 8.25. The Morgan fingerprint density at radius 2 is 1.88 bits per heavy atom. The summed E-state index contributed by atoms with van der Waals surface area (Å²) in [5.74, 6) is 0. The summed E-state index contributed by atoms with van der Waals surface area (Å²) in [5, 5.41) is 3.55. The van der Waals surface area contributed by atoms with Gasteiger partial charge in [0, 0.05) is 19.4 Å². The van der Waals surface area contributed by atoms with Crippen LogP contribution in [0.3, 0.4) is 0 Å². The third-order valence-electron chi connectivity index (χ3n) is 4.33. The summed E-state index contributed by atoms with van der Waals surface area (Å²) in [6, 6.07) is 17.2. The Morgan fingerprint density at radius 1 is 1.12 bits per heavy atom. The lowest BCUT2D eigenvalue weighted by Gasteiger charge is -2.22. The fraction of sp³-hybridized carbons (Fsp3) is 0.368. The topological polar surface area (TPSA) is 55.4 Å². The lowest BCUT2D eigenvalue weighted by atomic mass is 9.98. The summed E-state index contributed by atoms with van der Waals surface area (Å²) in [4.78, 5) is 0.347. The van der Waals surface area contributed by atoms with E-state index in [1.54, 1.807) is 18.2 Å². The zero-order chi connectivity index (χ0) is 17.0. The van der Waals surface area contributed by atoms with Gasteiger partial charge in [-0.15, -0.1) is 0 Å². The van der Waals surface area contributed by atoms with E-state index in [2.05, 4.69) is 17.4 Å². The molecule has 0 unspecified atom stereocenters. The molecule has 0 aliphatic carbocycles. The lowest BCUT2D eigenvalue weighted by molar-refractivity contribution is 0.108. The first-order chi connectivity index (χ1) is 11.5. The van der Waals surface area contributed by atoms with Gasteiger partial charge in [-0.05, 0) is 36.1 Å². The molecule has 2 atom stereocenters. The van der Waals surface area contributed by atoms with E-state index in [0.717, 1.165) is 37.1 Å². The first-order valence-corrected chi connectivity index (χ1v) is 10.1. The van der Waals surface area contributed by atoms with E-state index < -0.39 is 9.84 Å². The minimum absolute atomic E-state index is 0.0582. The third-order valence-corrected chi connectivity index (χ3v) is 5.44. The van der Waals surface area contributed by atoms with Crippen LogP contribution < -0.4 is 5.32 Å². The van der Waals surface area contributed by atoms with E-state index >= 15 is 0 Å². The van der Waals surface area contributed by atoms with Crippen molar-refractivity contribution in [2.24, 2.45) is 0 Å². The molecule has 0 amide bonds. The highest BCUT2D eigenvalue weighted by Crippen LogP contribution is 2.25. The highest BCUT2D eigenvalue weighted by Gasteiger charge is 2.20. The highest BCUT2D eigenvalue weighted by molar-refractivity contribution is 7.90. The first kappa shape index (κ1) is 17.1. The minimum atomic E-state index is -3.22. The van der Waals surface area contributed by atoms with Crippen molar-refractivity contribution in [3.63, 3.8) is 0 Å². The van der Waals surface area contributed by atoms with Crippen molar-refractivity contribution in [3.8, 4) is 0 Å². The van der Waals surface area contributed by atoms with Gasteiger partial charge < -0.3 is 10.1 Å². The van der Waals surface area contributed by atoms with Crippen molar-refractivity contribution in [1.82, 2.24) is 5.32 Å². The molecule has 0 radical (unpaired) electrons. The van der Waals surface area contributed by atoms with Gasteiger partial charge in [0.2, 0.25) is 0 Å². The van der Waals surface area contributed by atoms with Crippen molar-refractivity contribution in [2.45, 2.75) is 29.9 Å². The molecule has 1 N–H and O–H groups in total. The average Bonchev–Trinajstić information content (AvgIpc) is 3.09. The molecule has 0 bridgehead atoms. The molecule has 128 valence electrons. The van der Waals surface area contributed by atoms with Gasteiger partial charge in [0.15, 0.2) is 9.84 Å². The predicted molar refractivity (Wildman–Crippen MR) is 94.8 cm³/mol. The van der Waals surface area contributed by atoms with Crippen molar-refractivity contribution in [2.75, 3.05) is 19.4 Å². The Kier molecular flexibility index (Phi) is 5.33. The SMILES string of the molecule is CS(=O)(=O)c1cccc([C@H](NC[C@@H]2CCCO2)c2ccccc2)c1. The zero-order valence-electron chi connectivity index (χ0n) is 13.8. The molecular weight excluding hydrogens is 322 g/mol. The van der Waals surface area contributed by atoms with Crippen molar-refractivity contribution < 1.29 is 13.2 Å². The molecule has 24 heavy (non-hydrogen) atoms. The molecule has 4 nitrogen and oxygen atoms in total. The molecule has 1 saturated heterocycles. The van der Waals surface area contributed by atoms with Crippen LogP contribution in [0.15, 0.2) is 59.5 Å². The van der Waals surface area contributed by atoms with Crippen LogP contribution in [0.5, 0.6) is 0 Å². The van der Waals surface area contributed by atoms with Gasteiger partial charge >= 0.3 is 0 Å². The van der Waals surface area contributed by atoms with Gasteiger partial charge in [-0.25, -0.2) is 8.42 Å². The van der Waals surface area contributed by atoms with E-state index in [9.17, 15) is 8.42 Å². The second kappa shape index (κ2) is 7.47. The molecular formula is C19H23NO3S. The Morgan fingerprint density at radius 3 is 2.54 bits per heavy atom. The molecule has 0 aromatic heterocycles. The zero-order valence-corrected chi connectivity index (χ0v) is 14.6. The fourth-order valence-electron chi connectivity index (χ4n) is 3.05. The monoisotopic (exact) mass is 345 g/mol. The fourth-order valence-corrected chi connectivity index (χ4v) is 3.73. The van der Waals surface area contributed by atoms with Gasteiger partial charge in [0.25, 0.3) is 0 Å². The van der Waals surface area contributed by atoms with Crippen LogP contribution in [0.1, 0.15) is 30.0 Å². The number of rotatable bonds is 6.